The van der Waals surface area contributed by atoms with Gasteiger partial charge in [0.15, 0.2) is 0 Å². The predicted molar refractivity (Wildman–Crippen MR) is 114 cm³/mol. The van der Waals surface area contributed by atoms with Gasteiger partial charge < -0.3 is 15.6 Å². The number of nitrogens with two attached hydrogens (primary N) is 1. The summed E-state index contributed by atoms with van der Waals surface area (Å²) in [5.74, 6) is 2.43. The van der Waals surface area contributed by atoms with Crippen LogP contribution in [0.25, 0.3) is 0 Å². The van der Waals surface area contributed by atoms with Gasteiger partial charge in [0, 0.05) is 3.92 Å². The summed E-state index contributed by atoms with van der Waals surface area (Å²) >= 11 is 2.54. The van der Waals surface area contributed by atoms with Gasteiger partial charge in [-0.15, -0.1) is 0 Å². The van der Waals surface area contributed by atoms with Crippen molar-refractivity contribution in [2.24, 2.45) is 41.2 Å². The lowest BCUT2D eigenvalue weighted by Gasteiger charge is -2.47. The molecule has 0 aliphatic heterocycles. The second-order valence-electron chi connectivity index (χ2n) is 9.20. The third-order valence-corrected chi connectivity index (χ3v) is 9.09. The van der Waals surface area contributed by atoms with Crippen molar-refractivity contribution in [2.45, 2.75) is 88.9 Å². The molecule has 0 saturated heterocycles. The Balaban J connectivity index is 2.01. The van der Waals surface area contributed by atoms with E-state index >= 15 is 0 Å². The van der Waals surface area contributed by atoms with E-state index in [9.17, 15) is 4.79 Å². The fourth-order valence-electron chi connectivity index (χ4n) is 5.52. The van der Waals surface area contributed by atoms with E-state index in [-0.39, 0.29) is 6.10 Å². The second kappa shape index (κ2) is 9.55. The summed E-state index contributed by atoms with van der Waals surface area (Å²) in [5.41, 5.74) is 5.83. The lowest BCUT2D eigenvalue weighted by Crippen LogP contribution is -2.49. The molecule has 0 aromatic rings. The summed E-state index contributed by atoms with van der Waals surface area (Å²) in [4.78, 5) is 11.2. The van der Waals surface area contributed by atoms with Crippen LogP contribution in [0.4, 0.5) is 0 Å². The van der Waals surface area contributed by atoms with Crippen molar-refractivity contribution in [1.82, 2.24) is 0 Å². The van der Waals surface area contributed by atoms with Gasteiger partial charge in [0.2, 0.25) is 0 Å². The molecule has 8 unspecified atom stereocenters. The molecule has 2 rings (SSSR count). The Labute approximate surface area is 173 Å². The summed E-state index contributed by atoms with van der Waals surface area (Å²) in [6.45, 7) is 11.5. The Morgan fingerprint density at radius 2 is 1.73 bits per heavy atom. The topological polar surface area (TPSA) is 72.5 Å². The van der Waals surface area contributed by atoms with E-state index in [2.05, 4.69) is 57.2 Å². The number of carboxylic acids is 1. The first-order valence-corrected chi connectivity index (χ1v) is 11.7. The number of alkyl halides is 1. The zero-order valence-electron chi connectivity index (χ0n) is 17.0. The second-order valence-corrected chi connectivity index (χ2v) is 10.6. The molecule has 0 amide bonds. The minimum Gasteiger partial charge on any atom is -0.480 e. The zero-order chi connectivity index (χ0) is 19.6. The van der Waals surface area contributed by atoms with Crippen LogP contribution < -0.4 is 5.73 Å². The van der Waals surface area contributed by atoms with Crippen LogP contribution in [0.3, 0.4) is 0 Å². The largest absolute Gasteiger partial charge is 0.480 e. The van der Waals surface area contributed by atoms with Crippen LogP contribution in [-0.2, 0) is 9.53 Å². The van der Waals surface area contributed by atoms with E-state index < -0.39 is 12.0 Å². The first-order chi connectivity index (χ1) is 12.1. The van der Waals surface area contributed by atoms with Crippen LogP contribution in [0.1, 0.15) is 66.7 Å². The van der Waals surface area contributed by atoms with Crippen molar-refractivity contribution in [1.29, 1.82) is 0 Å². The summed E-state index contributed by atoms with van der Waals surface area (Å²) < 4.78 is 7.16. The van der Waals surface area contributed by atoms with Gasteiger partial charge in [0.05, 0.1) is 12.2 Å². The minimum atomic E-state index is -0.886. The Bertz CT molecular complexity index is 462. The molecule has 5 heteroatoms. The number of hydrogen-bond acceptors (Lipinski definition) is 3. The first-order valence-electron chi connectivity index (χ1n) is 10.4. The molecule has 2 aliphatic carbocycles. The number of aliphatic carboxylic acids is 1. The van der Waals surface area contributed by atoms with Gasteiger partial charge in [-0.2, -0.15) is 0 Å². The molecule has 0 spiro atoms. The molecule has 2 saturated carbocycles. The number of halogens is 1. The van der Waals surface area contributed by atoms with Gasteiger partial charge in [0.25, 0.3) is 0 Å². The van der Waals surface area contributed by atoms with E-state index in [4.69, 9.17) is 15.6 Å². The zero-order valence-corrected chi connectivity index (χ0v) is 19.2. The Kier molecular flexibility index (Phi) is 8.23. The van der Waals surface area contributed by atoms with Crippen molar-refractivity contribution >= 4 is 28.6 Å². The summed E-state index contributed by atoms with van der Waals surface area (Å²) in [5, 5.41) is 9.17. The van der Waals surface area contributed by atoms with Crippen molar-refractivity contribution in [3.05, 3.63) is 0 Å². The fraction of sp³-hybridized carbons (Fsp3) is 0.952. The normalized spacial score (nSPS) is 45.3. The predicted octanol–water partition coefficient (Wildman–Crippen LogP) is 4.73. The standard InChI is InChI=1S/C21H38INO3/c1-6-15-7-12(3)20(13(4)8-15)26-18-9-11(2)16(14(5)19(18)22)10-17(23)21(24)25/h11-20H,6-10,23H2,1-5H3,(H,24,25). The van der Waals surface area contributed by atoms with Crippen molar-refractivity contribution < 1.29 is 14.6 Å². The number of carboxylic acid groups (broad SMARTS) is 1. The number of carbonyl (C=O) groups is 1. The van der Waals surface area contributed by atoms with Gasteiger partial charge in [0.1, 0.15) is 6.04 Å². The lowest BCUT2D eigenvalue weighted by molar-refractivity contribution is -0.139. The minimum absolute atomic E-state index is 0.269. The van der Waals surface area contributed by atoms with Gasteiger partial charge in [-0.05, 0) is 61.2 Å². The third kappa shape index (κ3) is 5.13. The van der Waals surface area contributed by atoms with Crippen molar-refractivity contribution in [3.8, 4) is 0 Å². The number of ether oxygens (including phenoxy) is 1. The number of rotatable bonds is 6. The Morgan fingerprint density at radius 1 is 1.15 bits per heavy atom. The van der Waals surface area contributed by atoms with Crippen LogP contribution in [0.15, 0.2) is 0 Å². The molecular weight excluding hydrogens is 441 g/mol. The molecule has 2 aliphatic rings. The average Bonchev–Trinajstić information content (AvgIpc) is 2.58. The van der Waals surface area contributed by atoms with Crippen LogP contribution in [-0.4, -0.2) is 33.3 Å². The van der Waals surface area contributed by atoms with E-state index in [1.807, 2.05) is 0 Å². The van der Waals surface area contributed by atoms with Crippen LogP contribution in [0, 0.1) is 35.5 Å². The number of hydrogen-bond donors (Lipinski definition) is 2. The molecule has 0 aromatic carbocycles. The van der Waals surface area contributed by atoms with E-state index in [1.54, 1.807) is 0 Å². The van der Waals surface area contributed by atoms with E-state index in [0.29, 0.717) is 46.0 Å². The van der Waals surface area contributed by atoms with Crippen molar-refractivity contribution in [3.63, 3.8) is 0 Å². The molecule has 0 bridgehead atoms. The molecular formula is C21H38INO3. The summed E-state index contributed by atoms with van der Waals surface area (Å²) in [6.07, 6.45) is 6.06. The van der Waals surface area contributed by atoms with Gasteiger partial charge >= 0.3 is 5.97 Å². The average molecular weight is 479 g/mol. The smallest absolute Gasteiger partial charge is 0.320 e. The fourth-order valence-corrected chi connectivity index (χ4v) is 6.51. The molecule has 0 radical (unpaired) electrons. The van der Waals surface area contributed by atoms with Crippen LogP contribution in [0.2, 0.25) is 0 Å². The molecule has 4 nitrogen and oxygen atoms in total. The highest BCUT2D eigenvalue weighted by molar-refractivity contribution is 14.1. The SMILES string of the molecule is CCC1CC(C)C(OC2CC(C)C(CC(N)C(=O)O)C(C)C2I)C(C)C1. The quantitative estimate of drug-likeness (QED) is 0.427. The van der Waals surface area contributed by atoms with E-state index in [1.165, 1.54) is 19.3 Å². The summed E-state index contributed by atoms with van der Waals surface area (Å²) in [7, 11) is 0. The molecule has 3 N–H and O–H groups in total. The van der Waals surface area contributed by atoms with Crippen LogP contribution >= 0.6 is 22.6 Å². The monoisotopic (exact) mass is 479 g/mol. The highest BCUT2D eigenvalue weighted by Crippen LogP contribution is 2.45. The van der Waals surface area contributed by atoms with Gasteiger partial charge in [-0.1, -0.05) is 63.6 Å². The molecule has 26 heavy (non-hydrogen) atoms. The van der Waals surface area contributed by atoms with Crippen molar-refractivity contribution in [2.75, 3.05) is 0 Å². The summed E-state index contributed by atoms with van der Waals surface area (Å²) in [6, 6.07) is -0.754. The maximum absolute atomic E-state index is 11.2. The van der Waals surface area contributed by atoms with Gasteiger partial charge in [-0.25, -0.2) is 0 Å². The Hall–Kier alpha value is 0.120. The lowest BCUT2D eigenvalue weighted by atomic mass is 9.69. The Morgan fingerprint density at radius 3 is 2.23 bits per heavy atom. The highest BCUT2D eigenvalue weighted by Gasteiger charge is 2.43. The molecule has 0 aromatic heterocycles. The van der Waals surface area contributed by atoms with E-state index in [0.717, 1.165) is 12.3 Å². The molecule has 0 heterocycles. The first kappa shape index (κ1) is 22.4. The molecule has 152 valence electrons. The maximum Gasteiger partial charge on any atom is 0.320 e. The molecule has 8 atom stereocenters. The maximum atomic E-state index is 11.2. The van der Waals surface area contributed by atoms with Gasteiger partial charge in [-0.3, -0.25) is 4.79 Å². The highest BCUT2D eigenvalue weighted by atomic mass is 127. The van der Waals surface area contributed by atoms with Crippen LogP contribution in [0.5, 0.6) is 0 Å². The molecule has 2 fully saturated rings. The third-order valence-electron chi connectivity index (χ3n) is 7.15.